The van der Waals surface area contributed by atoms with Gasteiger partial charge in [0.05, 0.1) is 19.1 Å². The first-order valence-corrected chi connectivity index (χ1v) is 3.40. The van der Waals surface area contributed by atoms with Crippen molar-refractivity contribution in [3.8, 4) is 0 Å². The largest absolute Gasteiger partial charge is 0.322 e. The fraction of sp³-hybridized carbons (Fsp3) is 0.429. The van der Waals surface area contributed by atoms with Gasteiger partial charge in [-0.3, -0.25) is 4.79 Å². The molecule has 0 fully saturated rings. The second-order valence-corrected chi connectivity index (χ2v) is 2.38. The molecule has 0 N–H and O–H groups in total. The Morgan fingerprint density at radius 1 is 1.75 bits per heavy atom. The molecule has 12 heavy (non-hydrogen) atoms. The molecular formula is C7H8F2N2O. The van der Waals surface area contributed by atoms with Gasteiger partial charge in [0, 0.05) is 6.92 Å². The van der Waals surface area contributed by atoms with Crippen LogP contribution in [-0.4, -0.2) is 21.8 Å². The minimum Gasteiger partial charge on any atom is -0.322 e. The van der Waals surface area contributed by atoms with Gasteiger partial charge in [0.2, 0.25) is 0 Å². The molecule has 0 aromatic carbocycles. The summed E-state index contributed by atoms with van der Waals surface area (Å²) in [4.78, 5) is 14.4. The first kappa shape index (κ1) is 8.83. The summed E-state index contributed by atoms with van der Waals surface area (Å²) in [6.45, 7) is 0.841. The van der Waals surface area contributed by atoms with E-state index >= 15 is 0 Å². The summed E-state index contributed by atoms with van der Waals surface area (Å²) in [5.74, 6) is -0.256. The minimum atomic E-state index is -2.46. The molecular weight excluding hydrogens is 166 g/mol. The maximum absolute atomic E-state index is 11.9. The van der Waals surface area contributed by atoms with Crippen LogP contribution in [0.15, 0.2) is 12.5 Å². The number of aromatic nitrogens is 2. The molecule has 0 radical (unpaired) electrons. The second-order valence-electron chi connectivity index (χ2n) is 2.38. The number of hydrogen-bond acceptors (Lipinski definition) is 2. The van der Waals surface area contributed by atoms with E-state index in [9.17, 15) is 13.6 Å². The number of alkyl halides is 2. The van der Waals surface area contributed by atoms with E-state index in [0.29, 0.717) is 0 Å². The van der Waals surface area contributed by atoms with E-state index in [2.05, 4.69) is 4.98 Å². The van der Waals surface area contributed by atoms with Crippen molar-refractivity contribution in [3.05, 3.63) is 18.2 Å². The van der Waals surface area contributed by atoms with Gasteiger partial charge in [0.15, 0.2) is 5.78 Å². The van der Waals surface area contributed by atoms with Crippen molar-refractivity contribution in [1.82, 2.24) is 9.55 Å². The lowest BCUT2D eigenvalue weighted by molar-refractivity contribution is 0.0989. The average molecular weight is 174 g/mol. The molecule has 0 aliphatic carbocycles. The van der Waals surface area contributed by atoms with Crippen molar-refractivity contribution in [3.63, 3.8) is 0 Å². The van der Waals surface area contributed by atoms with Crippen molar-refractivity contribution in [2.45, 2.75) is 19.9 Å². The third-order valence-corrected chi connectivity index (χ3v) is 1.41. The lowest BCUT2D eigenvalue weighted by atomic mass is 10.3. The maximum atomic E-state index is 11.9. The fourth-order valence-electron chi connectivity index (χ4n) is 0.908. The van der Waals surface area contributed by atoms with Gasteiger partial charge < -0.3 is 4.57 Å². The molecule has 0 amide bonds. The zero-order chi connectivity index (χ0) is 9.14. The molecule has 0 aliphatic heterocycles. The quantitative estimate of drug-likeness (QED) is 0.648. The van der Waals surface area contributed by atoms with Crippen molar-refractivity contribution in [1.29, 1.82) is 0 Å². The molecule has 0 unspecified atom stereocenters. The van der Waals surface area contributed by atoms with Crippen LogP contribution < -0.4 is 0 Å². The number of nitrogens with zero attached hydrogens (tertiary/aromatic N) is 2. The zero-order valence-corrected chi connectivity index (χ0v) is 6.50. The van der Waals surface area contributed by atoms with Crippen molar-refractivity contribution >= 4 is 5.78 Å². The smallest absolute Gasteiger partial charge is 0.256 e. The van der Waals surface area contributed by atoms with Crippen molar-refractivity contribution in [2.24, 2.45) is 0 Å². The van der Waals surface area contributed by atoms with Crippen molar-refractivity contribution in [2.75, 3.05) is 0 Å². The van der Waals surface area contributed by atoms with Gasteiger partial charge in [-0.05, 0) is 0 Å². The SMILES string of the molecule is CC(=O)c1cncn1CC(F)F. The fourth-order valence-corrected chi connectivity index (χ4v) is 0.908. The van der Waals surface area contributed by atoms with Crippen LogP contribution in [0.4, 0.5) is 8.78 Å². The Bertz CT molecular complexity index is 283. The monoisotopic (exact) mass is 174 g/mol. The van der Waals surface area contributed by atoms with Gasteiger partial charge in [0.25, 0.3) is 6.43 Å². The second kappa shape index (κ2) is 3.42. The predicted molar refractivity (Wildman–Crippen MR) is 38.2 cm³/mol. The van der Waals surface area contributed by atoms with Crippen LogP contribution in [0, 0.1) is 0 Å². The van der Waals surface area contributed by atoms with E-state index in [4.69, 9.17) is 0 Å². The summed E-state index contributed by atoms with van der Waals surface area (Å²) >= 11 is 0. The van der Waals surface area contributed by atoms with E-state index < -0.39 is 13.0 Å². The lowest BCUT2D eigenvalue weighted by Gasteiger charge is -2.03. The van der Waals surface area contributed by atoms with Gasteiger partial charge in [-0.25, -0.2) is 13.8 Å². The van der Waals surface area contributed by atoms with Gasteiger partial charge in [-0.15, -0.1) is 0 Å². The van der Waals surface area contributed by atoms with Gasteiger partial charge >= 0.3 is 0 Å². The first-order valence-electron chi connectivity index (χ1n) is 3.40. The molecule has 1 aromatic rings. The molecule has 0 atom stereocenters. The molecule has 0 spiro atoms. The number of Topliss-reactive ketones (excluding diaryl/α,β-unsaturated/α-hetero) is 1. The summed E-state index contributed by atoms with van der Waals surface area (Å²) in [6.07, 6.45) is 0.0467. The van der Waals surface area contributed by atoms with E-state index in [1.807, 2.05) is 0 Å². The highest BCUT2D eigenvalue weighted by atomic mass is 19.3. The van der Waals surface area contributed by atoms with Crippen molar-refractivity contribution < 1.29 is 13.6 Å². The topological polar surface area (TPSA) is 34.9 Å². The highest BCUT2D eigenvalue weighted by Gasteiger charge is 2.10. The Hall–Kier alpha value is -1.26. The molecule has 1 heterocycles. The predicted octanol–water partition coefficient (Wildman–Crippen LogP) is 1.35. The van der Waals surface area contributed by atoms with Crippen LogP contribution in [-0.2, 0) is 6.54 Å². The Labute approximate surface area is 68.0 Å². The number of ketones is 1. The third-order valence-electron chi connectivity index (χ3n) is 1.41. The van der Waals surface area contributed by atoms with Crippen LogP contribution >= 0.6 is 0 Å². The lowest BCUT2D eigenvalue weighted by Crippen LogP contribution is -2.10. The van der Waals surface area contributed by atoms with Crippen LogP contribution in [0.5, 0.6) is 0 Å². The molecule has 0 bridgehead atoms. The molecule has 5 heteroatoms. The number of halogens is 2. The summed E-state index contributed by atoms with van der Waals surface area (Å²) in [5, 5.41) is 0. The third kappa shape index (κ3) is 1.87. The Morgan fingerprint density at radius 2 is 2.42 bits per heavy atom. The van der Waals surface area contributed by atoms with Gasteiger partial charge in [-0.2, -0.15) is 0 Å². The van der Waals surface area contributed by atoms with Crippen LogP contribution in [0.3, 0.4) is 0 Å². The highest BCUT2D eigenvalue weighted by molar-refractivity contribution is 5.92. The number of carbonyl (C=O) groups is 1. The molecule has 1 rings (SSSR count). The standard InChI is InChI=1S/C7H8F2N2O/c1-5(12)6-2-10-4-11(6)3-7(8)9/h2,4,7H,3H2,1H3. The first-order chi connectivity index (χ1) is 5.61. The molecule has 3 nitrogen and oxygen atoms in total. The molecule has 0 saturated heterocycles. The normalized spacial score (nSPS) is 10.7. The molecule has 1 aromatic heterocycles. The molecule has 66 valence electrons. The number of imidazole rings is 1. The number of hydrogen-bond donors (Lipinski definition) is 0. The summed E-state index contributed by atoms with van der Waals surface area (Å²) < 4.78 is 24.9. The number of carbonyl (C=O) groups excluding carboxylic acids is 1. The average Bonchev–Trinajstić information content (AvgIpc) is 2.33. The van der Waals surface area contributed by atoms with E-state index in [1.54, 1.807) is 0 Å². The number of rotatable bonds is 3. The van der Waals surface area contributed by atoms with E-state index in [-0.39, 0.29) is 11.5 Å². The van der Waals surface area contributed by atoms with Crippen LogP contribution in [0.25, 0.3) is 0 Å². The molecule has 0 saturated carbocycles. The Balaban J connectivity index is 2.84. The van der Waals surface area contributed by atoms with E-state index in [1.165, 1.54) is 19.4 Å². The van der Waals surface area contributed by atoms with Crippen LogP contribution in [0.2, 0.25) is 0 Å². The maximum Gasteiger partial charge on any atom is 0.256 e. The van der Waals surface area contributed by atoms with Gasteiger partial charge in [-0.1, -0.05) is 0 Å². The Kier molecular flexibility index (Phi) is 2.52. The summed E-state index contributed by atoms with van der Waals surface area (Å²) in [5.41, 5.74) is 0.218. The van der Waals surface area contributed by atoms with Crippen LogP contribution in [0.1, 0.15) is 17.4 Å². The minimum absolute atomic E-state index is 0.218. The Morgan fingerprint density at radius 3 is 2.92 bits per heavy atom. The zero-order valence-electron chi connectivity index (χ0n) is 6.50. The van der Waals surface area contributed by atoms with Gasteiger partial charge in [0.1, 0.15) is 5.69 Å². The summed E-state index contributed by atoms with van der Waals surface area (Å²) in [7, 11) is 0. The molecule has 0 aliphatic rings. The highest BCUT2D eigenvalue weighted by Crippen LogP contribution is 2.04. The van der Waals surface area contributed by atoms with E-state index in [0.717, 1.165) is 4.57 Å². The summed E-state index contributed by atoms with van der Waals surface area (Å²) in [6, 6.07) is 0.